The fourth-order valence-corrected chi connectivity index (χ4v) is 2.14. The van der Waals surface area contributed by atoms with E-state index in [0.29, 0.717) is 26.4 Å². The highest BCUT2D eigenvalue weighted by molar-refractivity contribution is 5.45. The summed E-state index contributed by atoms with van der Waals surface area (Å²) in [7, 11) is 1.71. The fraction of sp³-hybridized carbons (Fsp3) is 0.538. The first kappa shape index (κ1) is 10.9. The van der Waals surface area contributed by atoms with Crippen LogP contribution in [-0.4, -0.2) is 33.5 Å². The minimum atomic E-state index is -0.301. The van der Waals surface area contributed by atoms with E-state index in [2.05, 4.69) is 0 Å². The summed E-state index contributed by atoms with van der Waals surface area (Å²) in [5.74, 6) is 1.63. The number of hydrogen-bond donors (Lipinski definition) is 0. The van der Waals surface area contributed by atoms with Crippen LogP contribution < -0.4 is 9.47 Å². The van der Waals surface area contributed by atoms with E-state index < -0.39 is 0 Å². The summed E-state index contributed by atoms with van der Waals surface area (Å²) in [5, 5.41) is 0. The van der Waals surface area contributed by atoms with Crippen LogP contribution in [0.3, 0.4) is 0 Å². The second-order valence-electron chi connectivity index (χ2n) is 4.40. The zero-order valence-corrected chi connectivity index (χ0v) is 9.90. The summed E-state index contributed by atoms with van der Waals surface area (Å²) in [6, 6.07) is 5.99. The molecule has 92 valence electrons. The van der Waals surface area contributed by atoms with Gasteiger partial charge in [-0.25, -0.2) is 0 Å². The highest BCUT2D eigenvalue weighted by atomic mass is 16.6. The summed E-state index contributed by atoms with van der Waals surface area (Å²) in [5.41, 5.74) is 0.792. The highest BCUT2D eigenvalue weighted by Crippen LogP contribution is 2.38. The molecule has 0 atom stereocenters. The lowest BCUT2D eigenvalue weighted by atomic mass is 9.91. The molecule has 1 saturated heterocycles. The Morgan fingerprint density at radius 1 is 1.12 bits per heavy atom. The van der Waals surface area contributed by atoms with Gasteiger partial charge in [0.15, 0.2) is 11.5 Å². The van der Waals surface area contributed by atoms with Gasteiger partial charge in [0, 0.05) is 13.5 Å². The molecule has 4 heteroatoms. The van der Waals surface area contributed by atoms with Gasteiger partial charge < -0.3 is 18.9 Å². The van der Waals surface area contributed by atoms with E-state index in [0.717, 1.165) is 23.5 Å². The minimum absolute atomic E-state index is 0.301. The molecule has 0 spiro atoms. The average molecular weight is 236 g/mol. The number of ether oxygens (including phenoxy) is 4. The first-order chi connectivity index (χ1) is 8.34. The quantitative estimate of drug-likeness (QED) is 0.783. The van der Waals surface area contributed by atoms with Gasteiger partial charge in [-0.3, -0.25) is 0 Å². The molecule has 0 aliphatic carbocycles. The largest absolute Gasteiger partial charge is 0.490 e. The zero-order chi connectivity index (χ0) is 11.7. The standard InChI is InChI=1S/C13H16O4/c1-14-13(8-15-9-13)10-3-4-11-12(7-10)17-6-2-5-16-11/h3-4,7H,2,5-6,8-9H2,1H3. The van der Waals surface area contributed by atoms with Crippen LogP contribution in [0.5, 0.6) is 11.5 Å². The van der Waals surface area contributed by atoms with Crippen LogP contribution in [0, 0.1) is 0 Å². The van der Waals surface area contributed by atoms with E-state index >= 15 is 0 Å². The molecule has 0 radical (unpaired) electrons. The molecule has 2 aliphatic rings. The topological polar surface area (TPSA) is 36.9 Å². The Bertz CT molecular complexity index is 406. The number of methoxy groups -OCH3 is 1. The maximum atomic E-state index is 5.68. The van der Waals surface area contributed by atoms with E-state index in [1.807, 2.05) is 18.2 Å². The van der Waals surface area contributed by atoms with Crippen molar-refractivity contribution < 1.29 is 18.9 Å². The average Bonchev–Trinajstić information content (AvgIpc) is 2.53. The van der Waals surface area contributed by atoms with Gasteiger partial charge in [-0.1, -0.05) is 6.07 Å². The predicted octanol–water partition coefficient (Wildman–Crippen LogP) is 1.72. The van der Waals surface area contributed by atoms with Gasteiger partial charge in [-0.2, -0.15) is 0 Å². The van der Waals surface area contributed by atoms with Crippen molar-refractivity contribution in [3.05, 3.63) is 23.8 Å². The van der Waals surface area contributed by atoms with Crippen LogP contribution in [-0.2, 0) is 15.1 Å². The number of rotatable bonds is 2. The lowest BCUT2D eigenvalue weighted by Gasteiger charge is -2.40. The molecule has 3 rings (SSSR count). The van der Waals surface area contributed by atoms with Crippen molar-refractivity contribution in [1.29, 1.82) is 0 Å². The lowest BCUT2D eigenvalue weighted by molar-refractivity contribution is -0.202. The Kier molecular flexibility index (Phi) is 2.68. The fourth-order valence-electron chi connectivity index (χ4n) is 2.14. The molecule has 4 nitrogen and oxygen atoms in total. The van der Waals surface area contributed by atoms with Gasteiger partial charge in [0.1, 0.15) is 5.60 Å². The van der Waals surface area contributed by atoms with Crippen molar-refractivity contribution in [3.8, 4) is 11.5 Å². The number of hydrogen-bond acceptors (Lipinski definition) is 4. The molecular weight excluding hydrogens is 220 g/mol. The summed E-state index contributed by atoms with van der Waals surface area (Å²) >= 11 is 0. The molecule has 17 heavy (non-hydrogen) atoms. The van der Waals surface area contributed by atoms with Gasteiger partial charge in [0.05, 0.1) is 26.4 Å². The maximum Gasteiger partial charge on any atom is 0.161 e. The van der Waals surface area contributed by atoms with Crippen molar-refractivity contribution in [3.63, 3.8) is 0 Å². The SMILES string of the molecule is COC1(c2ccc3c(c2)OCCCO3)COC1. The van der Waals surface area contributed by atoms with E-state index in [4.69, 9.17) is 18.9 Å². The second kappa shape index (κ2) is 4.20. The Morgan fingerprint density at radius 2 is 1.88 bits per heavy atom. The number of benzene rings is 1. The molecule has 2 heterocycles. The minimum Gasteiger partial charge on any atom is -0.490 e. The van der Waals surface area contributed by atoms with Crippen LogP contribution in [0.4, 0.5) is 0 Å². The Balaban J connectivity index is 1.94. The third-order valence-corrected chi connectivity index (χ3v) is 3.33. The van der Waals surface area contributed by atoms with Crippen molar-refractivity contribution in [1.82, 2.24) is 0 Å². The lowest BCUT2D eigenvalue weighted by Crippen LogP contribution is -2.48. The monoisotopic (exact) mass is 236 g/mol. The molecule has 0 N–H and O–H groups in total. The van der Waals surface area contributed by atoms with E-state index in [-0.39, 0.29) is 5.60 Å². The normalized spacial score (nSPS) is 21.5. The summed E-state index contributed by atoms with van der Waals surface area (Å²) in [6.45, 7) is 2.62. The van der Waals surface area contributed by atoms with Crippen molar-refractivity contribution in [2.24, 2.45) is 0 Å². The van der Waals surface area contributed by atoms with Crippen molar-refractivity contribution >= 4 is 0 Å². The Morgan fingerprint density at radius 3 is 2.53 bits per heavy atom. The summed E-state index contributed by atoms with van der Waals surface area (Å²) < 4.78 is 22.1. The molecule has 0 saturated carbocycles. The van der Waals surface area contributed by atoms with E-state index in [1.165, 1.54) is 0 Å². The molecule has 0 aromatic heterocycles. The predicted molar refractivity (Wildman–Crippen MR) is 61.6 cm³/mol. The van der Waals surface area contributed by atoms with Crippen LogP contribution in [0.1, 0.15) is 12.0 Å². The van der Waals surface area contributed by atoms with Crippen molar-refractivity contribution in [2.75, 3.05) is 33.5 Å². The highest BCUT2D eigenvalue weighted by Gasteiger charge is 2.41. The molecule has 1 aromatic carbocycles. The molecule has 0 amide bonds. The molecular formula is C13H16O4. The van der Waals surface area contributed by atoms with Gasteiger partial charge in [0.25, 0.3) is 0 Å². The molecule has 0 unspecified atom stereocenters. The Labute approximate surface area is 100 Å². The molecule has 1 fully saturated rings. The van der Waals surface area contributed by atoms with Gasteiger partial charge in [-0.15, -0.1) is 0 Å². The number of fused-ring (bicyclic) bond motifs is 1. The summed E-state index contributed by atoms with van der Waals surface area (Å²) in [4.78, 5) is 0. The van der Waals surface area contributed by atoms with Crippen LogP contribution in [0.2, 0.25) is 0 Å². The van der Waals surface area contributed by atoms with Gasteiger partial charge >= 0.3 is 0 Å². The summed E-state index contributed by atoms with van der Waals surface area (Å²) in [6.07, 6.45) is 0.919. The zero-order valence-electron chi connectivity index (χ0n) is 9.90. The Hall–Kier alpha value is -1.26. The van der Waals surface area contributed by atoms with Crippen molar-refractivity contribution in [2.45, 2.75) is 12.0 Å². The van der Waals surface area contributed by atoms with Crippen LogP contribution >= 0.6 is 0 Å². The third-order valence-electron chi connectivity index (χ3n) is 3.33. The first-order valence-corrected chi connectivity index (χ1v) is 5.87. The molecule has 0 bridgehead atoms. The van der Waals surface area contributed by atoms with E-state index in [9.17, 15) is 0 Å². The van der Waals surface area contributed by atoms with E-state index in [1.54, 1.807) is 7.11 Å². The molecule has 1 aromatic rings. The second-order valence-corrected chi connectivity index (χ2v) is 4.40. The van der Waals surface area contributed by atoms with Gasteiger partial charge in [0.2, 0.25) is 0 Å². The third kappa shape index (κ3) is 1.77. The first-order valence-electron chi connectivity index (χ1n) is 5.87. The molecule has 2 aliphatic heterocycles. The smallest absolute Gasteiger partial charge is 0.161 e. The van der Waals surface area contributed by atoms with Crippen LogP contribution in [0.25, 0.3) is 0 Å². The van der Waals surface area contributed by atoms with Gasteiger partial charge in [-0.05, 0) is 17.7 Å². The van der Waals surface area contributed by atoms with Crippen LogP contribution in [0.15, 0.2) is 18.2 Å². The maximum absolute atomic E-state index is 5.68.